The van der Waals surface area contributed by atoms with Crippen molar-refractivity contribution in [3.8, 4) is 5.75 Å². The molecule has 2 aromatic rings. The number of hydrogen-bond acceptors (Lipinski definition) is 4. The molecular weight excluding hydrogens is 395 g/mol. The molecule has 6 heteroatoms. The molecule has 1 heterocycles. The van der Waals surface area contributed by atoms with E-state index in [1.54, 1.807) is 12.1 Å². The molecule has 0 unspecified atom stereocenters. The summed E-state index contributed by atoms with van der Waals surface area (Å²) in [4.78, 5) is 26.3. The predicted octanol–water partition coefficient (Wildman–Crippen LogP) is 4.83. The number of allylic oxidation sites excluding steroid dienone is 3. The Morgan fingerprint density at radius 3 is 2.68 bits per heavy atom. The van der Waals surface area contributed by atoms with Gasteiger partial charge in [-0.3, -0.25) is 9.59 Å². The van der Waals surface area contributed by atoms with Crippen LogP contribution in [0.5, 0.6) is 5.75 Å². The predicted molar refractivity (Wildman–Crippen MR) is 117 cm³/mol. The number of ketones is 1. The van der Waals surface area contributed by atoms with E-state index in [4.69, 9.17) is 4.74 Å². The van der Waals surface area contributed by atoms with Gasteiger partial charge in [-0.2, -0.15) is 0 Å². The Balaban J connectivity index is 1.75. The first-order valence-electron chi connectivity index (χ1n) is 10.5. The Morgan fingerprint density at radius 1 is 1.19 bits per heavy atom. The Kier molecular flexibility index (Phi) is 5.89. The molecule has 2 N–H and O–H groups in total. The molecule has 2 aromatic carbocycles. The summed E-state index contributed by atoms with van der Waals surface area (Å²) in [6, 6.07) is 13.3. The first kappa shape index (κ1) is 20.8. The number of nitrogens with one attached hydrogen (secondary N) is 2. The van der Waals surface area contributed by atoms with E-state index in [1.165, 1.54) is 12.1 Å². The highest BCUT2D eigenvalue weighted by atomic mass is 19.1. The van der Waals surface area contributed by atoms with Crippen molar-refractivity contribution in [2.75, 3.05) is 11.9 Å². The molecule has 1 amide bonds. The van der Waals surface area contributed by atoms with Crippen LogP contribution in [0, 0.1) is 5.82 Å². The van der Waals surface area contributed by atoms with Crippen LogP contribution < -0.4 is 15.4 Å². The lowest BCUT2D eigenvalue weighted by atomic mass is 9.75. The number of halogens is 1. The van der Waals surface area contributed by atoms with Crippen molar-refractivity contribution in [1.82, 2.24) is 5.32 Å². The van der Waals surface area contributed by atoms with Crippen LogP contribution in [-0.4, -0.2) is 18.3 Å². The minimum atomic E-state index is -0.492. The van der Waals surface area contributed by atoms with Crippen molar-refractivity contribution in [2.24, 2.45) is 0 Å². The molecule has 31 heavy (non-hydrogen) atoms. The van der Waals surface area contributed by atoms with E-state index in [0.29, 0.717) is 35.6 Å². The highest BCUT2D eigenvalue weighted by Crippen LogP contribution is 2.42. The van der Waals surface area contributed by atoms with E-state index in [2.05, 4.69) is 10.6 Å². The van der Waals surface area contributed by atoms with E-state index in [-0.39, 0.29) is 11.7 Å². The summed E-state index contributed by atoms with van der Waals surface area (Å²) in [6.45, 7) is 4.31. The average Bonchev–Trinajstić information content (AvgIpc) is 2.74. The van der Waals surface area contributed by atoms with Crippen molar-refractivity contribution >= 4 is 17.4 Å². The lowest BCUT2D eigenvalue weighted by Crippen LogP contribution is -2.35. The molecule has 0 fully saturated rings. The van der Waals surface area contributed by atoms with E-state index in [1.807, 2.05) is 38.1 Å². The summed E-state index contributed by atoms with van der Waals surface area (Å²) in [6.07, 6.45) is 2.02. The van der Waals surface area contributed by atoms with Gasteiger partial charge in [0, 0.05) is 40.6 Å². The molecule has 1 aliphatic heterocycles. The number of benzene rings is 2. The number of Topliss-reactive ketones (excluding diaryl/α,β-unsaturated/α-hetero) is 1. The minimum Gasteiger partial charge on any atom is -0.494 e. The van der Waals surface area contributed by atoms with E-state index < -0.39 is 11.7 Å². The molecular formula is C25H25FN2O3. The average molecular weight is 420 g/mol. The van der Waals surface area contributed by atoms with Crippen LogP contribution >= 0.6 is 0 Å². The molecule has 0 aromatic heterocycles. The van der Waals surface area contributed by atoms with Crippen LogP contribution in [0.3, 0.4) is 0 Å². The fourth-order valence-electron chi connectivity index (χ4n) is 4.31. The van der Waals surface area contributed by atoms with Crippen LogP contribution in [0.25, 0.3) is 0 Å². The second-order valence-electron chi connectivity index (χ2n) is 7.73. The molecule has 4 rings (SSSR count). The monoisotopic (exact) mass is 420 g/mol. The second kappa shape index (κ2) is 8.76. The zero-order valence-corrected chi connectivity index (χ0v) is 17.6. The van der Waals surface area contributed by atoms with Gasteiger partial charge >= 0.3 is 0 Å². The normalized spacial score (nSPS) is 18.4. The van der Waals surface area contributed by atoms with Crippen LogP contribution in [0.15, 0.2) is 71.1 Å². The van der Waals surface area contributed by atoms with Crippen LogP contribution in [0.1, 0.15) is 44.6 Å². The third-order valence-electron chi connectivity index (χ3n) is 5.63. The zero-order valence-electron chi connectivity index (χ0n) is 17.6. The zero-order chi connectivity index (χ0) is 22.0. The maximum absolute atomic E-state index is 13.6. The summed E-state index contributed by atoms with van der Waals surface area (Å²) >= 11 is 0. The third kappa shape index (κ3) is 4.24. The van der Waals surface area contributed by atoms with Gasteiger partial charge in [0.05, 0.1) is 6.61 Å². The highest BCUT2D eigenvalue weighted by molar-refractivity contribution is 6.09. The number of hydrogen-bond donors (Lipinski definition) is 2. The molecule has 0 radical (unpaired) electrons. The van der Waals surface area contributed by atoms with Crippen molar-refractivity contribution < 1.29 is 18.7 Å². The Hall–Kier alpha value is -3.41. The standard InChI is InChI=1S/C25H25FN2O3/c1-3-31-19-12-10-16(11-13-19)23-22(25(30)28-18-7-4-6-17(26)14-18)15(2)27-20-8-5-9-21(29)24(20)23/h4,6-7,10-14,23,27H,3,5,8-9H2,1-2H3,(H,28,30)/t23-/m1/s1. The number of carbonyl (C=O) groups excluding carboxylic acids is 2. The summed E-state index contributed by atoms with van der Waals surface area (Å²) in [7, 11) is 0. The van der Waals surface area contributed by atoms with Gasteiger partial charge in [0.2, 0.25) is 0 Å². The minimum absolute atomic E-state index is 0.0520. The van der Waals surface area contributed by atoms with Gasteiger partial charge in [-0.1, -0.05) is 18.2 Å². The molecule has 1 aliphatic carbocycles. The second-order valence-corrected chi connectivity index (χ2v) is 7.73. The molecule has 1 atom stereocenters. The number of carbonyl (C=O) groups is 2. The summed E-state index contributed by atoms with van der Waals surface area (Å²) in [5, 5.41) is 6.08. The van der Waals surface area contributed by atoms with Crippen molar-refractivity contribution in [1.29, 1.82) is 0 Å². The van der Waals surface area contributed by atoms with Gasteiger partial charge in [0.25, 0.3) is 5.91 Å². The van der Waals surface area contributed by atoms with E-state index >= 15 is 0 Å². The summed E-state index contributed by atoms with van der Waals surface area (Å²) in [5.41, 5.74) is 3.89. The Labute approximate surface area is 181 Å². The van der Waals surface area contributed by atoms with Crippen LogP contribution in [0.4, 0.5) is 10.1 Å². The van der Waals surface area contributed by atoms with Gasteiger partial charge in [-0.15, -0.1) is 0 Å². The maximum Gasteiger partial charge on any atom is 0.254 e. The number of amides is 1. The first-order valence-corrected chi connectivity index (χ1v) is 10.5. The molecule has 2 aliphatic rings. The molecule has 160 valence electrons. The van der Waals surface area contributed by atoms with Crippen molar-refractivity contribution in [3.05, 3.63) is 82.5 Å². The lowest BCUT2D eigenvalue weighted by Gasteiger charge is -2.34. The van der Waals surface area contributed by atoms with Crippen LogP contribution in [0.2, 0.25) is 0 Å². The molecule has 0 saturated heterocycles. The van der Waals surface area contributed by atoms with E-state index in [9.17, 15) is 14.0 Å². The SMILES string of the molecule is CCOc1ccc([C@@H]2C(C(=O)Nc3cccc(F)c3)=C(C)NC3=C2C(=O)CCC3)cc1. The van der Waals surface area contributed by atoms with Gasteiger partial charge in [0.15, 0.2) is 5.78 Å². The smallest absolute Gasteiger partial charge is 0.254 e. The number of dihydropyridines is 1. The molecule has 0 bridgehead atoms. The third-order valence-corrected chi connectivity index (χ3v) is 5.63. The van der Waals surface area contributed by atoms with Crippen molar-refractivity contribution in [3.63, 3.8) is 0 Å². The molecule has 5 nitrogen and oxygen atoms in total. The van der Waals surface area contributed by atoms with Gasteiger partial charge < -0.3 is 15.4 Å². The van der Waals surface area contributed by atoms with Crippen molar-refractivity contribution in [2.45, 2.75) is 39.0 Å². The van der Waals surface area contributed by atoms with E-state index in [0.717, 1.165) is 29.9 Å². The number of rotatable bonds is 5. The van der Waals surface area contributed by atoms with Gasteiger partial charge in [-0.05, 0) is 62.6 Å². The number of anilines is 1. The Morgan fingerprint density at radius 2 is 1.97 bits per heavy atom. The fraction of sp³-hybridized carbons (Fsp3) is 0.280. The quantitative estimate of drug-likeness (QED) is 0.727. The first-order chi connectivity index (χ1) is 15.0. The lowest BCUT2D eigenvalue weighted by molar-refractivity contribution is -0.116. The summed E-state index contributed by atoms with van der Waals surface area (Å²) < 4.78 is 19.2. The molecule has 0 spiro atoms. The largest absolute Gasteiger partial charge is 0.494 e. The molecule has 0 saturated carbocycles. The van der Waals surface area contributed by atoms with Gasteiger partial charge in [0.1, 0.15) is 11.6 Å². The Bertz CT molecular complexity index is 1090. The maximum atomic E-state index is 13.6. The topological polar surface area (TPSA) is 67.4 Å². The fourth-order valence-corrected chi connectivity index (χ4v) is 4.31. The van der Waals surface area contributed by atoms with Gasteiger partial charge in [-0.25, -0.2) is 4.39 Å². The summed E-state index contributed by atoms with van der Waals surface area (Å²) in [5.74, 6) is -0.500. The van der Waals surface area contributed by atoms with Crippen LogP contribution in [-0.2, 0) is 9.59 Å². The highest BCUT2D eigenvalue weighted by Gasteiger charge is 2.38. The number of ether oxygens (including phenoxy) is 1.